The highest BCUT2D eigenvalue weighted by atomic mass is 19.1. The quantitative estimate of drug-likeness (QED) is 0.661. The van der Waals surface area contributed by atoms with Crippen LogP contribution in [0.25, 0.3) is 0 Å². The Labute approximate surface area is 113 Å². The Morgan fingerprint density at radius 2 is 2.25 bits per heavy atom. The number of halogens is 1. The van der Waals surface area contributed by atoms with Crippen molar-refractivity contribution >= 4 is 17.4 Å². The third-order valence-electron chi connectivity index (χ3n) is 2.66. The first-order valence-electron chi connectivity index (χ1n) is 5.81. The third kappa shape index (κ3) is 2.79. The van der Waals surface area contributed by atoms with Crippen LogP contribution in [-0.4, -0.2) is 21.0 Å². The number of amides is 1. The molecular weight excluding hydrogens is 267 g/mol. The molecule has 20 heavy (non-hydrogen) atoms. The first-order chi connectivity index (χ1) is 9.51. The number of nitro groups is 1. The van der Waals surface area contributed by atoms with Crippen LogP contribution in [0.1, 0.15) is 23.0 Å². The summed E-state index contributed by atoms with van der Waals surface area (Å²) in [5.41, 5.74) is 0.133. The van der Waals surface area contributed by atoms with E-state index in [9.17, 15) is 19.3 Å². The van der Waals surface area contributed by atoms with Gasteiger partial charge < -0.3 is 5.32 Å². The Kier molecular flexibility index (Phi) is 3.74. The molecular formula is C12H11FN4O3. The highest BCUT2D eigenvalue weighted by molar-refractivity contribution is 6.04. The fourth-order valence-electron chi connectivity index (χ4n) is 1.59. The van der Waals surface area contributed by atoms with E-state index in [1.165, 1.54) is 0 Å². The number of carbonyl (C=O) groups excluding carboxylic acids is 1. The molecule has 1 amide bonds. The molecule has 0 spiro atoms. The third-order valence-corrected chi connectivity index (χ3v) is 2.66. The molecule has 0 radical (unpaired) electrons. The molecule has 2 rings (SSSR count). The van der Waals surface area contributed by atoms with E-state index in [4.69, 9.17) is 0 Å². The molecule has 0 aliphatic carbocycles. The van der Waals surface area contributed by atoms with Crippen LogP contribution in [-0.2, 0) is 6.42 Å². The second-order valence-corrected chi connectivity index (χ2v) is 4.01. The molecule has 1 aromatic carbocycles. The van der Waals surface area contributed by atoms with Crippen LogP contribution >= 0.6 is 0 Å². The van der Waals surface area contributed by atoms with Crippen molar-refractivity contribution < 1.29 is 14.1 Å². The number of aromatic nitrogens is 2. The number of nitrogens with one attached hydrogen (secondary N) is 2. The number of carbonyl (C=O) groups is 1. The highest BCUT2D eigenvalue weighted by Gasteiger charge is 2.17. The second kappa shape index (κ2) is 5.47. The summed E-state index contributed by atoms with van der Waals surface area (Å²) in [6.45, 7) is 1.91. The second-order valence-electron chi connectivity index (χ2n) is 4.01. The van der Waals surface area contributed by atoms with Crippen molar-refractivity contribution in [1.82, 2.24) is 10.2 Å². The number of aryl methyl sites for hydroxylation is 1. The summed E-state index contributed by atoms with van der Waals surface area (Å²) in [6, 6.07) is 4.47. The van der Waals surface area contributed by atoms with Gasteiger partial charge in [-0.15, -0.1) is 0 Å². The van der Waals surface area contributed by atoms with E-state index in [2.05, 4.69) is 15.5 Å². The van der Waals surface area contributed by atoms with Gasteiger partial charge in [-0.1, -0.05) is 6.92 Å². The van der Waals surface area contributed by atoms with Crippen molar-refractivity contribution in [3.05, 3.63) is 51.5 Å². The minimum atomic E-state index is -0.956. The number of benzene rings is 1. The summed E-state index contributed by atoms with van der Waals surface area (Å²) in [7, 11) is 0. The van der Waals surface area contributed by atoms with Crippen molar-refractivity contribution in [2.24, 2.45) is 0 Å². The number of anilines is 1. The molecule has 0 bridgehead atoms. The van der Waals surface area contributed by atoms with E-state index >= 15 is 0 Å². The summed E-state index contributed by atoms with van der Waals surface area (Å²) in [4.78, 5) is 21.6. The van der Waals surface area contributed by atoms with Crippen LogP contribution < -0.4 is 5.32 Å². The molecule has 0 aliphatic rings. The summed E-state index contributed by atoms with van der Waals surface area (Å²) >= 11 is 0. The van der Waals surface area contributed by atoms with E-state index in [-0.39, 0.29) is 11.4 Å². The van der Waals surface area contributed by atoms with Crippen LogP contribution in [0.5, 0.6) is 0 Å². The molecule has 0 atom stereocenters. The maximum atomic E-state index is 13.6. The zero-order valence-corrected chi connectivity index (χ0v) is 10.5. The fourth-order valence-corrected chi connectivity index (χ4v) is 1.59. The minimum absolute atomic E-state index is 0.268. The van der Waals surface area contributed by atoms with E-state index in [1.807, 2.05) is 6.92 Å². The molecule has 2 aromatic rings. The van der Waals surface area contributed by atoms with E-state index < -0.39 is 22.3 Å². The first kappa shape index (κ1) is 13.7. The summed E-state index contributed by atoms with van der Waals surface area (Å²) in [6.07, 6.45) is 0.717. The number of non-ortho nitro benzene ring substituents is 1. The maximum Gasteiger partial charge on any atom is 0.272 e. The standard InChI is InChI=1S/C12H11FN4O3/c1-2-7-5-11(16-15-7)14-12(18)9-4-3-8(17(19)20)6-10(9)13/h3-6H,2H2,1H3,(H2,14,15,16,18). The number of hydrogen-bond acceptors (Lipinski definition) is 4. The molecule has 1 heterocycles. The Morgan fingerprint density at radius 1 is 1.50 bits per heavy atom. The van der Waals surface area contributed by atoms with Gasteiger partial charge in [0.1, 0.15) is 5.82 Å². The average molecular weight is 278 g/mol. The Balaban J connectivity index is 2.18. The largest absolute Gasteiger partial charge is 0.305 e. The molecule has 8 heteroatoms. The lowest BCUT2D eigenvalue weighted by Gasteiger charge is -2.03. The normalized spacial score (nSPS) is 10.3. The molecule has 0 unspecified atom stereocenters. The topological polar surface area (TPSA) is 101 Å². The van der Waals surface area contributed by atoms with Gasteiger partial charge in [-0.25, -0.2) is 4.39 Å². The van der Waals surface area contributed by atoms with E-state index in [1.54, 1.807) is 6.07 Å². The molecule has 0 fully saturated rings. The zero-order chi connectivity index (χ0) is 14.7. The molecule has 1 aromatic heterocycles. The summed E-state index contributed by atoms with van der Waals surface area (Å²) < 4.78 is 13.6. The molecule has 2 N–H and O–H groups in total. The van der Waals surface area contributed by atoms with Crippen molar-refractivity contribution in [3.63, 3.8) is 0 Å². The van der Waals surface area contributed by atoms with Crippen molar-refractivity contribution in [3.8, 4) is 0 Å². The fraction of sp³-hybridized carbons (Fsp3) is 0.167. The first-order valence-corrected chi connectivity index (χ1v) is 5.81. The van der Waals surface area contributed by atoms with Gasteiger partial charge in [-0.2, -0.15) is 5.10 Å². The molecule has 7 nitrogen and oxygen atoms in total. The van der Waals surface area contributed by atoms with Crippen LogP contribution in [0.2, 0.25) is 0 Å². The van der Waals surface area contributed by atoms with Gasteiger partial charge in [0.25, 0.3) is 11.6 Å². The number of hydrogen-bond donors (Lipinski definition) is 2. The predicted octanol–water partition coefficient (Wildman–Crippen LogP) is 2.27. The van der Waals surface area contributed by atoms with Crippen molar-refractivity contribution in [1.29, 1.82) is 0 Å². The van der Waals surface area contributed by atoms with Crippen LogP contribution in [0.4, 0.5) is 15.9 Å². The van der Waals surface area contributed by atoms with Gasteiger partial charge in [0.2, 0.25) is 0 Å². The smallest absolute Gasteiger partial charge is 0.272 e. The van der Waals surface area contributed by atoms with Gasteiger partial charge >= 0.3 is 0 Å². The lowest BCUT2D eigenvalue weighted by molar-refractivity contribution is -0.385. The Morgan fingerprint density at radius 3 is 2.80 bits per heavy atom. The number of rotatable bonds is 4. The predicted molar refractivity (Wildman–Crippen MR) is 69.0 cm³/mol. The van der Waals surface area contributed by atoms with Gasteiger partial charge in [0, 0.05) is 17.8 Å². The average Bonchev–Trinajstić information content (AvgIpc) is 2.85. The van der Waals surface area contributed by atoms with Gasteiger partial charge in [0.05, 0.1) is 16.6 Å². The summed E-state index contributed by atoms with van der Waals surface area (Å²) in [5, 5.41) is 19.4. The monoisotopic (exact) mass is 278 g/mol. The Bertz CT molecular complexity index is 668. The Hall–Kier alpha value is -2.77. The lowest BCUT2D eigenvalue weighted by atomic mass is 10.2. The highest BCUT2D eigenvalue weighted by Crippen LogP contribution is 2.17. The SMILES string of the molecule is CCc1cc(NC(=O)c2ccc([N+](=O)[O-])cc2F)n[nH]1. The number of H-pyrrole nitrogens is 1. The van der Waals surface area contributed by atoms with Crippen LogP contribution in [0.15, 0.2) is 24.3 Å². The van der Waals surface area contributed by atoms with Crippen LogP contribution in [0, 0.1) is 15.9 Å². The van der Waals surface area contributed by atoms with Gasteiger partial charge in [-0.3, -0.25) is 20.0 Å². The summed E-state index contributed by atoms with van der Waals surface area (Å²) in [5.74, 6) is -1.40. The van der Waals surface area contributed by atoms with E-state index in [0.717, 1.165) is 24.2 Å². The molecule has 0 aliphatic heterocycles. The van der Waals surface area contributed by atoms with E-state index in [0.29, 0.717) is 6.07 Å². The minimum Gasteiger partial charge on any atom is -0.305 e. The zero-order valence-electron chi connectivity index (χ0n) is 10.5. The molecule has 0 saturated heterocycles. The van der Waals surface area contributed by atoms with Gasteiger partial charge in [-0.05, 0) is 12.5 Å². The lowest BCUT2D eigenvalue weighted by Crippen LogP contribution is -2.14. The number of aromatic amines is 1. The molecule has 0 saturated carbocycles. The number of nitro benzene ring substituents is 1. The maximum absolute atomic E-state index is 13.6. The number of nitrogens with zero attached hydrogens (tertiary/aromatic N) is 2. The van der Waals surface area contributed by atoms with Crippen LogP contribution in [0.3, 0.4) is 0 Å². The van der Waals surface area contributed by atoms with Gasteiger partial charge in [0.15, 0.2) is 5.82 Å². The van der Waals surface area contributed by atoms with Crippen molar-refractivity contribution in [2.75, 3.05) is 5.32 Å². The molecule has 104 valence electrons. The van der Waals surface area contributed by atoms with Crippen molar-refractivity contribution in [2.45, 2.75) is 13.3 Å².